The molecule has 0 saturated heterocycles. The van der Waals surface area contributed by atoms with Gasteiger partial charge in [-0.15, -0.1) is 0 Å². The van der Waals surface area contributed by atoms with Gasteiger partial charge in [-0.2, -0.15) is 0 Å². The van der Waals surface area contributed by atoms with E-state index in [0.29, 0.717) is 6.10 Å². The standard InChI is InChI=1S/C10H16O/c1-8(2)11-10-5-3-9(7-10)4-6-10/h3,5,8-9H,4,6-7H2,1-2H3. The summed E-state index contributed by atoms with van der Waals surface area (Å²) < 4.78 is 5.90. The Labute approximate surface area is 68.4 Å². The van der Waals surface area contributed by atoms with Crippen molar-refractivity contribution in [1.29, 1.82) is 0 Å². The molecule has 11 heavy (non-hydrogen) atoms. The van der Waals surface area contributed by atoms with E-state index in [1.807, 2.05) is 0 Å². The van der Waals surface area contributed by atoms with Crippen LogP contribution in [0.1, 0.15) is 33.1 Å². The van der Waals surface area contributed by atoms with E-state index in [1.54, 1.807) is 0 Å². The van der Waals surface area contributed by atoms with E-state index in [-0.39, 0.29) is 5.60 Å². The van der Waals surface area contributed by atoms with Crippen LogP contribution in [0, 0.1) is 5.92 Å². The third kappa shape index (κ3) is 1.22. The minimum Gasteiger partial charge on any atom is -0.368 e. The molecule has 1 fully saturated rings. The van der Waals surface area contributed by atoms with E-state index in [1.165, 1.54) is 19.3 Å². The van der Waals surface area contributed by atoms with Gasteiger partial charge in [0.2, 0.25) is 0 Å². The first kappa shape index (κ1) is 7.35. The summed E-state index contributed by atoms with van der Waals surface area (Å²) in [5.74, 6) is 0.828. The van der Waals surface area contributed by atoms with Gasteiger partial charge < -0.3 is 4.74 Å². The highest BCUT2D eigenvalue weighted by atomic mass is 16.5. The van der Waals surface area contributed by atoms with E-state index < -0.39 is 0 Å². The van der Waals surface area contributed by atoms with Gasteiger partial charge in [0.25, 0.3) is 0 Å². The molecule has 1 heteroatoms. The molecule has 62 valence electrons. The molecule has 2 atom stereocenters. The van der Waals surface area contributed by atoms with Gasteiger partial charge in [0, 0.05) is 0 Å². The predicted molar refractivity (Wildman–Crippen MR) is 45.4 cm³/mol. The van der Waals surface area contributed by atoms with Crippen LogP contribution in [0.5, 0.6) is 0 Å². The van der Waals surface area contributed by atoms with Crippen LogP contribution in [0.2, 0.25) is 0 Å². The average Bonchev–Trinajstić information content (AvgIpc) is 2.43. The third-order valence-corrected chi connectivity index (χ3v) is 2.69. The summed E-state index contributed by atoms with van der Waals surface area (Å²) in [5.41, 5.74) is 0.152. The topological polar surface area (TPSA) is 9.23 Å². The summed E-state index contributed by atoms with van der Waals surface area (Å²) in [4.78, 5) is 0. The lowest BCUT2D eigenvalue weighted by atomic mass is 10.0. The number of hydrogen-bond acceptors (Lipinski definition) is 1. The maximum Gasteiger partial charge on any atom is 0.0871 e. The van der Waals surface area contributed by atoms with Crippen LogP contribution in [0.15, 0.2) is 12.2 Å². The molecule has 0 N–H and O–H groups in total. The molecule has 2 aliphatic rings. The summed E-state index contributed by atoms with van der Waals surface area (Å²) in [5, 5.41) is 0. The molecular weight excluding hydrogens is 136 g/mol. The van der Waals surface area contributed by atoms with Crippen LogP contribution in [-0.4, -0.2) is 11.7 Å². The Hall–Kier alpha value is -0.300. The molecule has 0 amide bonds. The molecule has 2 rings (SSSR count). The van der Waals surface area contributed by atoms with E-state index in [4.69, 9.17) is 4.74 Å². The van der Waals surface area contributed by atoms with Crippen LogP contribution >= 0.6 is 0 Å². The molecule has 0 aromatic carbocycles. The van der Waals surface area contributed by atoms with E-state index in [2.05, 4.69) is 26.0 Å². The Morgan fingerprint density at radius 3 is 2.73 bits per heavy atom. The number of hydrogen-bond donors (Lipinski definition) is 0. The summed E-state index contributed by atoms with van der Waals surface area (Å²) in [6, 6.07) is 0. The molecule has 1 nitrogen and oxygen atoms in total. The van der Waals surface area contributed by atoms with Gasteiger partial charge in [-0.05, 0) is 39.0 Å². The molecule has 0 heterocycles. The third-order valence-electron chi connectivity index (χ3n) is 2.69. The van der Waals surface area contributed by atoms with Gasteiger partial charge in [0.1, 0.15) is 0 Å². The first-order valence-electron chi connectivity index (χ1n) is 4.57. The highest BCUT2D eigenvalue weighted by Gasteiger charge is 2.41. The second-order valence-electron chi connectivity index (χ2n) is 4.09. The first-order chi connectivity index (χ1) is 5.20. The zero-order valence-corrected chi connectivity index (χ0v) is 7.34. The summed E-state index contributed by atoms with van der Waals surface area (Å²) in [6.45, 7) is 4.24. The van der Waals surface area contributed by atoms with Crippen LogP contribution in [0.4, 0.5) is 0 Å². The van der Waals surface area contributed by atoms with Crippen molar-refractivity contribution in [2.75, 3.05) is 0 Å². The van der Waals surface area contributed by atoms with Crippen molar-refractivity contribution >= 4 is 0 Å². The van der Waals surface area contributed by atoms with Gasteiger partial charge in [-0.25, -0.2) is 0 Å². The Morgan fingerprint density at radius 1 is 1.55 bits per heavy atom. The second kappa shape index (κ2) is 2.34. The molecule has 0 aromatic rings. The molecule has 2 aliphatic carbocycles. The number of rotatable bonds is 2. The molecule has 0 radical (unpaired) electrons. The summed E-state index contributed by atoms with van der Waals surface area (Å²) >= 11 is 0. The highest BCUT2D eigenvalue weighted by Crippen LogP contribution is 2.45. The second-order valence-corrected chi connectivity index (χ2v) is 4.09. The van der Waals surface area contributed by atoms with Crippen molar-refractivity contribution in [1.82, 2.24) is 0 Å². The van der Waals surface area contributed by atoms with Crippen LogP contribution in [0.25, 0.3) is 0 Å². The Kier molecular flexibility index (Phi) is 1.57. The lowest BCUT2D eigenvalue weighted by molar-refractivity contribution is -0.0404. The van der Waals surface area contributed by atoms with Gasteiger partial charge >= 0.3 is 0 Å². The van der Waals surface area contributed by atoms with Gasteiger partial charge in [0.15, 0.2) is 0 Å². The minimum absolute atomic E-state index is 0.152. The summed E-state index contributed by atoms with van der Waals surface area (Å²) in [7, 11) is 0. The van der Waals surface area contributed by atoms with E-state index in [0.717, 1.165) is 5.92 Å². The molecule has 0 aromatic heterocycles. The van der Waals surface area contributed by atoms with Crippen molar-refractivity contribution in [3.8, 4) is 0 Å². The van der Waals surface area contributed by atoms with Crippen molar-refractivity contribution < 1.29 is 4.74 Å². The number of ether oxygens (including phenoxy) is 1. The Balaban J connectivity index is 2.06. The average molecular weight is 152 g/mol. The maximum atomic E-state index is 5.90. The number of allylic oxidation sites excluding steroid dienone is 1. The fourth-order valence-corrected chi connectivity index (χ4v) is 2.32. The fraction of sp³-hybridized carbons (Fsp3) is 0.800. The van der Waals surface area contributed by atoms with Crippen molar-refractivity contribution in [3.63, 3.8) is 0 Å². The van der Waals surface area contributed by atoms with Crippen LogP contribution in [0.3, 0.4) is 0 Å². The largest absolute Gasteiger partial charge is 0.368 e. The minimum atomic E-state index is 0.152. The Morgan fingerprint density at radius 2 is 2.36 bits per heavy atom. The highest BCUT2D eigenvalue weighted by molar-refractivity contribution is 5.18. The van der Waals surface area contributed by atoms with Crippen LogP contribution < -0.4 is 0 Å². The van der Waals surface area contributed by atoms with E-state index >= 15 is 0 Å². The summed E-state index contributed by atoms with van der Waals surface area (Å²) in [6.07, 6.45) is 8.80. The smallest absolute Gasteiger partial charge is 0.0871 e. The van der Waals surface area contributed by atoms with E-state index in [9.17, 15) is 0 Å². The fourth-order valence-electron chi connectivity index (χ4n) is 2.32. The zero-order chi connectivity index (χ0) is 7.90. The zero-order valence-electron chi connectivity index (χ0n) is 7.34. The monoisotopic (exact) mass is 152 g/mol. The molecular formula is C10H16O. The number of fused-ring (bicyclic) bond motifs is 2. The van der Waals surface area contributed by atoms with Gasteiger partial charge in [-0.1, -0.05) is 12.2 Å². The quantitative estimate of drug-likeness (QED) is 0.552. The van der Waals surface area contributed by atoms with Crippen molar-refractivity contribution in [2.45, 2.75) is 44.8 Å². The lowest BCUT2D eigenvalue weighted by Crippen LogP contribution is -2.28. The van der Waals surface area contributed by atoms with Gasteiger partial charge in [-0.3, -0.25) is 0 Å². The molecule has 0 spiro atoms. The predicted octanol–water partition coefficient (Wildman–Crippen LogP) is 2.52. The van der Waals surface area contributed by atoms with Crippen LogP contribution in [-0.2, 0) is 4.74 Å². The van der Waals surface area contributed by atoms with Gasteiger partial charge in [0.05, 0.1) is 11.7 Å². The normalized spacial score (nSPS) is 40.8. The van der Waals surface area contributed by atoms with Crippen molar-refractivity contribution in [2.24, 2.45) is 5.92 Å². The molecule has 0 aliphatic heterocycles. The SMILES string of the molecule is CC(C)OC12C=CC(CC1)C2. The lowest BCUT2D eigenvalue weighted by Gasteiger charge is -2.26. The molecule has 2 bridgehead atoms. The Bertz CT molecular complexity index is 183. The molecule has 1 saturated carbocycles. The molecule has 2 unspecified atom stereocenters. The van der Waals surface area contributed by atoms with Crippen molar-refractivity contribution in [3.05, 3.63) is 12.2 Å². The maximum absolute atomic E-state index is 5.90. The first-order valence-corrected chi connectivity index (χ1v) is 4.57.